The zero-order chi connectivity index (χ0) is 18.6. The number of likely N-dealkylation sites (tertiary alicyclic amines) is 1. The highest BCUT2D eigenvalue weighted by molar-refractivity contribution is 5.94. The van der Waals surface area contributed by atoms with Gasteiger partial charge >= 0.3 is 6.09 Å². The summed E-state index contributed by atoms with van der Waals surface area (Å²) in [5.41, 5.74) is 1.27. The largest absolute Gasteiger partial charge is 0.444 e. The Labute approximate surface area is 150 Å². The molecule has 0 aromatic heterocycles. The standard InChI is InChI=1S/C19H29N3O3/c1-19(2,3)25-18(24)20-12-14-10-11-22(13-14)17(23)15-6-8-16(9-7-15)21(4)5/h6-9,14H,10-13H2,1-5H3,(H,20,24)/t14-/m1/s1. The van der Waals surface area contributed by atoms with Crippen molar-refractivity contribution in [3.63, 3.8) is 0 Å². The van der Waals surface area contributed by atoms with E-state index in [0.717, 1.165) is 18.7 Å². The molecule has 6 nitrogen and oxygen atoms in total. The molecule has 25 heavy (non-hydrogen) atoms. The van der Waals surface area contributed by atoms with Crippen LogP contribution >= 0.6 is 0 Å². The van der Waals surface area contributed by atoms with Crippen LogP contribution in [-0.2, 0) is 4.74 Å². The third-order valence-corrected chi connectivity index (χ3v) is 4.14. The molecule has 0 bridgehead atoms. The summed E-state index contributed by atoms with van der Waals surface area (Å²) < 4.78 is 5.24. The molecule has 0 aliphatic carbocycles. The Balaban J connectivity index is 1.83. The molecular weight excluding hydrogens is 318 g/mol. The second-order valence-electron chi connectivity index (χ2n) is 7.73. The molecule has 6 heteroatoms. The number of alkyl carbamates (subject to hydrolysis) is 1. The van der Waals surface area contributed by atoms with E-state index < -0.39 is 11.7 Å². The third-order valence-electron chi connectivity index (χ3n) is 4.14. The van der Waals surface area contributed by atoms with Crippen molar-refractivity contribution >= 4 is 17.7 Å². The predicted molar refractivity (Wildman–Crippen MR) is 99.0 cm³/mol. The average molecular weight is 347 g/mol. The summed E-state index contributed by atoms with van der Waals surface area (Å²) in [6.45, 7) is 7.41. The summed E-state index contributed by atoms with van der Waals surface area (Å²) in [7, 11) is 3.94. The van der Waals surface area contributed by atoms with Gasteiger partial charge in [-0.05, 0) is 57.4 Å². The molecule has 2 rings (SSSR count). The van der Waals surface area contributed by atoms with Gasteiger partial charge in [0.05, 0.1) is 0 Å². The number of carbonyl (C=O) groups excluding carboxylic acids is 2. The molecule has 1 aliphatic heterocycles. The number of rotatable bonds is 4. The SMILES string of the molecule is CN(C)c1ccc(C(=O)N2CC[C@H](CNC(=O)OC(C)(C)C)C2)cc1. The Bertz CT molecular complexity index is 605. The van der Waals surface area contributed by atoms with Gasteiger partial charge in [-0.25, -0.2) is 4.79 Å². The van der Waals surface area contributed by atoms with Crippen LogP contribution in [0.5, 0.6) is 0 Å². The lowest BCUT2D eigenvalue weighted by atomic mass is 10.1. The first-order chi connectivity index (χ1) is 11.7. The van der Waals surface area contributed by atoms with Gasteiger partial charge < -0.3 is 19.9 Å². The van der Waals surface area contributed by atoms with Crippen molar-refractivity contribution < 1.29 is 14.3 Å². The van der Waals surface area contributed by atoms with E-state index in [1.807, 2.05) is 68.9 Å². The van der Waals surface area contributed by atoms with Gasteiger partial charge in [0.1, 0.15) is 5.60 Å². The molecular formula is C19H29N3O3. The smallest absolute Gasteiger partial charge is 0.407 e. The topological polar surface area (TPSA) is 61.9 Å². The predicted octanol–water partition coefficient (Wildman–Crippen LogP) is 2.74. The summed E-state index contributed by atoms with van der Waals surface area (Å²) in [4.78, 5) is 28.2. The first-order valence-corrected chi connectivity index (χ1v) is 8.69. The van der Waals surface area contributed by atoms with E-state index in [1.54, 1.807) is 0 Å². The van der Waals surface area contributed by atoms with Crippen LogP contribution in [0.3, 0.4) is 0 Å². The quantitative estimate of drug-likeness (QED) is 0.910. The maximum Gasteiger partial charge on any atom is 0.407 e. The van der Waals surface area contributed by atoms with Gasteiger partial charge in [0.15, 0.2) is 0 Å². The fourth-order valence-electron chi connectivity index (χ4n) is 2.81. The fourth-order valence-corrected chi connectivity index (χ4v) is 2.81. The lowest BCUT2D eigenvalue weighted by Crippen LogP contribution is -2.36. The van der Waals surface area contributed by atoms with E-state index in [-0.39, 0.29) is 11.8 Å². The lowest BCUT2D eigenvalue weighted by Gasteiger charge is -2.21. The molecule has 1 fully saturated rings. The normalized spacial score (nSPS) is 17.3. The minimum atomic E-state index is -0.500. The van der Waals surface area contributed by atoms with Gasteiger partial charge in [0, 0.05) is 45.0 Å². The van der Waals surface area contributed by atoms with Crippen molar-refractivity contribution in [3.05, 3.63) is 29.8 Å². The van der Waals surface area contributed by atoms with Gasteiger partial charge in [-0.1, -0.05) is 0 Å². The van der Waals surface area contributed by atoms with E-state index in [9.17, 15) is 9.59 Å². The van der Waals surface area contributed by atoms with Crippen LogP contribution in [0.25, 0.3) is 0 Å². The Morgan fingerprint density at radius 1 is 1.24 bits per heavy atom. The molecule has 0 saturated carbocycles. The molecule has 0 unspecified atom stereocenters. The highest BCUT2D eigenvalue weighted by atomic mass is 16.6. The molecule has 138 valence electrons. The van der Waals surface area contributed by atoms with Crippen molar-refractivity contribution in [2.75, 3.05) is 38.6 Å². The minimum Gasteiger partial charge on any atom is -0.444 e. The van der Waals surface area contributed by atoms with Crippen LogP contribution in [0, 0.1) is 5.92 Å². The number of nitrogens with zero attached hydrogens (tertiary/aromatic N) is 2. The summed E-state index contributed by atoms with van der Waals surface area (Å²) in [5, 5.41) is 2.80. The summed E-state index contributed by atoms with van der Waals surface area (Å²) in [6.07, 6.45) is 0.480. The zero-order valence-electron chi connectivity index (χ0n) is 15.8. The Hall–Kier alpha value is -2.24. The zero-order valence-corrected chi connectivity index (χ0v) is 15.8. The van der Waals surface area contributed by atoms with Crippen LogP contribution in [0.15, 0.2) is 24.3 Å². The molecule has 0 spiro atoms. The van der Waals surface area contributed by atoms with E-state index in [1.165, 1.54) is 0 Å². The molecule has 1 N–H and O–H groups in total. The molecule has 0 radical (unpaired) electrons. The summed E-state index contributed by atoms with van der Waals surface area (Å²) >= 11 is 0. The van der Waals surface area contributed by atoms with Crippen molar-refractivity contribution in [2.24, 2.45) is 5.92 Å². The molecule has 1 saturated heterocycles. The van der Waals surface area contributed by atoms with Crippen molar-refractivity contribution in [1.82, 2.24) is 10.2 Å². The van der Waals surface area contributed by atoms with Gasteiger partial charge in [-0.3, -0.25) is 4.79 Å². The van der Waals surface area contributed by atoms with Crippen LogP contribution in [-0.4, -0.2) is 56.2 Å². The molecule has 1 heterocycles. The number of hydrogen-bond acceptors (Lipinski definition) is 4. The highest BCUT2D eigenvalue weighted by Crippen LogP contribution is 2.20. The number of amides is 2. The van der Waals surface area contributed by atoms with Crippen LogP contribution < -0.4 is 10.2 Å². The van der Waals surface area contributed by atoms with Crippen molar-refractivity contribution in [3.8, 4) is 0 Å². The first-order valence-electron chi connectivity index (χ1n) is 8.69. The van der Waals surface area contributed by atoms with Crippen LogP contribution in [0.2, 0.25) is 0 Å². The second kappa shape index (κ2) is 7.76. The first kappa shape index (κ1) is 19.1. The number of nitrogens with one attached hydrogen (secondary N) is 1. The summed E-state index contributed by atoms with van der Waals surface area (Å²) in [5.74, 6) is 0.308. The van der Waals surface area contributed by atoms with E-state index in [4.69, 9.17) is 4.74 Å². The third kappa shape index (κ3) is 5.66. The van der Waals surface area contributed by atoms with Gasteiger partial charge in [0.2, 0.25) is 0 Å². The van der Waals surface area contributed by atoms with Gasteiger partial charge in [-0.15, -0.1) is 0 Å². The maximum atomic E-state index is 12.6. The highest BCUT2D eigenvalue weighted by Gasteiger charge is 2.27. The fraction of sp³-hybridized carbons (Fsp3) is 0.579. The molecule has 1 aliphatic rings. The van der Waals surface area contributed by atoms with Crippen molar-refractivity contribution in [1.29, 1.82) is 0 Å². The number of ether oxygens (including phenoxy) is 1. The molecule has 1 atom stereocenters. The maximum absolute atomic E-state index is 12.6. The van der Waals surface area contributed by atoms with Gasteiger partial charge in [0.25, 0.3) is 5.91 Å². The lowest BCUT2D eigenvalue weighted by molar-refractivity contribution is 0.0520. The average Bonchev–Trinajstić information content (AvgIpc) is 2.99. The van der Waals surface area contributed by atoms with Crippen LogP contribution in [0.1, 0.15) is 37.6 Å². The van der Waals surface area contributed by atoms with Crippen LogP contribution in [0.4, 0.5) is 10.5 Å². The summed E-state index contributed by atoms with van der Waals surface area (Å²) in [6, 6.07) is 7.63. The molecule has 1 aromatic rings. The van der Waals surface area contributed by atoms with E-state index in [2.05, 4.69) is 5.32 Å². The van der Waals surface area contributed by atoms with Crippen molar-refractivity contribution in [2.45, 2.75) is 32.8 Å². The number of benzene rings is 1. The Kier molecular flexibility index (Phi) is 5.93. The number of hydrogen-bond donors (Lipinski definition) is 1. The number of carbonyl (C=O) groups is 2. The van der Waals surface area contributed by atoms with Gasteiger partial charge in [-0.2, -0.15) is 0 Å². The minimum absolute atomic E-state index is 0.0464. The molecule has 2 amide bonds. The Morgan fingerprint density at radius 3 is 2.44 bits per heavy atom. The van der Waals surface area contributed by atoms with E-state index in [0.29, 0.717) is 18.7 Å². The second-order valence-corrected chi connectivity index (χ2v) is 7.73. The number of anilines is 1. The van der Waals surface area contributed by atoms with E-state index >= 15 is 0 Å². The monoisotopic (exact) mass is 347 g/mol. The molecule has 1 aromatic carbocycles. The Morgan fingerprint density at radius 2 is 1.88 bits per heavy atom.